The lowest BCUT2D eigenvalue weighted by molar-refractivity contribution is 0.0521. The van der Waals surface area contributed by atoms with Gasteiger partial charge in [0.1, 0.15) is 11.4 Å². The lowest BCUT2D eigenvalue weighted by Gasteiger charge is -2.42. The molecule has 1 aliphatic rings. The van der Waals surface area contributed by atoms with Crippen LogP contribution in [0.3, 0.4) is 0 Å². The predicted octanol–water partition coefficient (Wildman–Crippen LogP) is 5.66. The quantitative estimate of drug-likeness (QED) is 0.551. The van der Waals surface area contributed by atoms with Crippen molar-refractivity contribution in [2.45, 2.75) is 71.2 Å². The maximum Gasteiger partial charge on any atom is 0.407 e. The minimum Gasteiger partial charge on any atom is -0.444 e. The summed E-state index contributed by atoms with van der Waals surface area (Å²) in [5.41, 5.74) is 1.89. The summed E-state index contributed by atoms with van der Waals surface area (Å²) in [4.78, 5) is 16.8. The topological polar surface area (TPSA) is 44.8 Å². The highest BCUT2D eigenvalue weighted by atomic mass is 32.1. The largest absolute Gasteiger partial charge is 0.444 e. The highest BCUT2D eigenvalue weighted by Gasteiger charge is 2.27. The van der Waals surface area contributed by atoms with E-state index in [-0.39, 0.29) is 11.9 Å². The number of ether oxygens (including phenoxy) is 1. The van der Waals surface area contributed by atoms with E-state index in [1.165, 1.54) is 5.56 Å². The van der Waals surface area contributed by atoms with Crippen LogP contribution in [0.15, 0.2) is 41.1 Å². The van der Waals surface area contributed by atoms with E-state index in [9.17, 15) is 9.18 Å². The van der Waals surface area contributed by atoms with Crippen molar-refractivity contribution in [1.82, 2.24) is 10.2 Å². The smallest absolute Gasteiger partial charge is 0.407 e. The first kappa shape index (κ1) is 24.5. The molecule has 32 heavy (non-hydrogen) atoms. The van der Waals surface area contributed by atoms with E-state index >= 15 is 0 Å². The zero-order chi connectivity index (χ0) is 23.1. The average molecular weight is 462 g/mol. The van der Waals surface area contributed by atoms with Gasteiger partial charge in [0.25, 0.3) is 0 Å². The summed E-state index contributed by atoms with van der Waals surface area (Å²) in [6.07, 6.45) is 2.66. The Hall–Kier alpha value is -2.12. The molecule has 1 aromatic carbocycles. The maximum atomic E-state index is 13.5. The minimum absolute atomic E-state index is 0.201. The van der Waals surface area contributed by atoms with Gasteiger partial charge in [0.15, 0.2) is 0 Å². The van der Waals surface area contributed by atoms with Crippen LogP contribution in [-0.2, 0) is 11.3 Å². The molecule has 0 spiro atoms. The summed E-state index contributed by atoms with van der Waals surface area (Å²) >= 11 is 1.71. The van der Waals surface area contributed by atoms with Crippen LogP contribution in [0.5, 0.6) is 0 Å². The molecule has 0 bridgehead atoms. The van der Waals surface area contributed by atoms with Gasteiger partial charge < -0.3 is 19.9 Å². The molecule has 1 fully saturated rings. The predicted molar refractivity (Wildman–Crippen MR) is 130 cm³/mol. The van der Waals surface area contributed by atoms with E-state index in [1.54, 1.807) is 23.5 Å². The number of carbonyl (C=O) groups is 1. The Morgan fingerprint density at radius 3 is 2.53 bits per heavy atom. The van der Waals surface area contributed by atoms with Crippen molar-refractivity contribution in [2.75, 3.05) is 24.5 Å². The Kier molecular flexibility index (Phi) is 8.54. The molecule has 0 saturated carbocycles. The molecule has 3 rings (SSSR count). The summed E-state index contributed by atoms with van der Waals surface area (Å²) < 4.78 is 18.8. The number of rotatable bonds is 8. The number of amides is 1. The van der Waals surface area contributed by atoms with E-state index < -0.39 is 5.60 Å². The van der Waals surface area contributed by atoms with Crippen LogP contribution in [0, 0.1) is 5.82 Å². The monoisotopic (exact) mass is 461 g/mol. The first-order valence-electron chi connectivity index (χ1n) is 11.5. The van der Waals surface area contributed by atoms with Crippen molar-refractivity contribution in [2.24, 2.45) is 0 Å². The highest BCUT2D eigenvalue weighted by Crippen LogP contribution is 2.27. The molecule has 0 unspecified atom stereocenters. The molecule has 1 atom stereocenters. The number of piperidine rings is 1. The van der Waals surface area contributed by atoms with Crippen molar-refractivity contribution in [3.63, 3.8) is 0 Å². The number of hydrogen-bond acceptors (Lipinski definition) is 5. The fourth-order valence-corrected chi connectivity index (χ4v) is 4.82. The van der Waals surface area contributed by atoms with Crippen LogP contribution in [0.25, 0.3) is 0 Å². The first-order chi connectivity index (χ1) is 15.2. The summed E-state index contributed by atoms with van der Waals surface area (Å²) in [5, 5.41) is 7.15. The van der Waals surface area contributed by atoms with Gasteiger partial charge in [0, 0.05) is 44.0 Å². The number of hydrogen-bond donors (Lipinski definition) is 1. The maximum absolute atomic E-state index is 13.5. The molecule has 1 amide bonds. The van der Waals surface area contributed by atoms with Gasteiger partial charge in [-0.25, -0.2) is 9.18 Å². The lowest BCUT2D eigenvalue weighted by Crippen LogP contribution is -2.48. The molecule has 1 aliphatic heterocycles. The van der Waals surface area contributed by atoms with E-state index in [0.717, 1.165) is 44.6 Å². The van der Waals surface area contributed by atoms with E-state index in [4.69, 9.17) is 4.74 Å². The minimum atomic E-state index is -0.475. The van der Waals surface area contributed by atoms with E-state index in [2.05, 4.69) is 38.9 Å². The van der Waals surface area contributed by atoms with Gasteiger partial charge in [-0.2, -0.15) is 11.3 Å². The number of carbonyl (C=O) groups excluding carboxylic acids is 1. The summed E-state index contributed by atoms with van der Waals surface area (Å²) in [6, 6.07) is 9.84. The van der Waals surface area contributed by atoms with Crippen LogP contribution >= 0.6 is 11.3 Å². The highest BCUT2D eigenvalue weighted by molar-refractivity contribution is 7.07. The normalized spacial score (nSPS) is 16.5. The third-order valence-electron chi connectivity index (χ3n) is 5.88. The number of thiophene rings is 1. The molecular formula is C25H36FN3O2S. The number of halogens is 1. The van der Waals surface area contributed by atoms with Gasteiger partial charge in [-0.05, 0) is 93.6 Å². The Morgan fingerprint density at radius 1 is 1.25 bits per heavy atom. The number of benzene rings is 1. The van der Waals surface area contributed by atoms with Crippen molar-refractivity contribution in [3.8, 4) is 0 Å². The molecule has 2 heterocycles. The fraction of sp³-hybridized carbons (Fsp3) is 0.560. The van der Waals surface area contributed by atoms with Crippen LogP contribution in [0.4, 0.5) is 14.9 Å². The number of nitrogens with one attached hydrogen (secondary N) is 1. The standard InChI is InChI=1S/C25H36FN3O2S/c1-19(9-13-27-24(30)31-25(2,3)4)28-14-10-23(11-15-28)29(17-20-12-16-32-18-20)22-7-5-21(26)6-8-22/h5-8,12,16,18-19,23H,9-11,13-15,17H2,1-4H3,(H,27,30)/t19-/m1/s1. The molecule has 0 radical (unpaired) electrons. The third kappa shape index (κ3) is 7.48. The molecule has 0 aliphatic carbocycles. The van der Waals surface area contributed by atoms with Gasteiger partial charge in [0.2, 0.25) is 0 Å². The molecular weight excluding hydrogens is 425 g/mol. The summed E-state index contributed by atoms with van der Waals surface area (Å²) in [7, 11) is 0. The number of alkyl carbamates (subject to hydrolysis) is 1. The molecule has 176 valence electrons. The zero-order valence-electron chi connectivity index (χ0n) is 19.6. The van der Waals surface area contributed by atoms with Gasteiger partial charge in [-0.15, -0.1) is 0 Å². The SMILES string of the molecule is C[C@H](CCNC(=O)OC(C)(C)C)N1CCC(N(Cc2ccsc2)c2ccc(F)cc2)CC1. The van der Waals surface area contributed by atoms with Crippen LogP contribution in [0.2, 0.25) is 0 Å². The van der Waals surface area contributed by atoms with Crippen molar-refractivity contribution >= 4 is 23.1 Å². The van der Waals surface area contributed by atoms with E-state index in [0.29, 0.717) is 18.6 Å². The Labute approximate surface area is 195 Å². The second-order valence-corrected chi connectivity index (χ2v) is 10.3. The molecule has 7 heteroatoms. The van der Waals surface area contributed by atoms with Crippen molar-refractivity contribution in [1.29, 1.82) is 0 Å². The fourth-order valence-electron chi connectivity index (χ4n) is 4.16. The van der Waals surface area contributed by atoms with Crippen LogP contribution in [-0.4, -0.2) is 48.3 Å². The molecule has 2 aromatic rings. The van der Waals surface area contributed by atoms with Gasteiger partial charge in [-0.1, -0.05) is 0 Å². The van der Waals surface area contributed by atoms with Crippen LogP contribution < -0.4 is 10.2 Å². The van der Waals surface area contributed by atoms with Crippen LogP contribution in [0.1, 0.15) is 52.5 Å². The number of anilines is 1. The summed E-state index contributed by atoms with van der Waals surface area (Å²) in [5.74, 6) is -0.201. The van der Waals surface area contributed by atoms with E-state index in [1.807, 2.05) is 32.9 Å². The average Bonchev–Trinajstić information content (AvgIpc) is 3.25. The Bertz CT molecular complexity index is 828. The zero-order valence-corrected chi connectivity index (χ0v) is 20.5. The second-order valence-electron chi connectivity index (χ2n) is 9.57. The van der Waals surface area contributed by atoms with Crippen molar-refractivity contribution in [3.05, 3.63) is 52.5 Å². The second kappa shape index (κ2) is 11.1. The lowest BCUT2D eigenvalue weighted by atomic mass is 9.99. The Morgan fingerprint density at radius 2 is 1.94 bits per heavy atom. The number of nitrogens with zero attached hydrogens (tertiary/aromatic N) is 2. The third-order valence-corrected chi connectivity index (χ3v) is 6.62. The number of likely N-dealkylation sites (tertiary alicyclic amines) is 1. The molecule has 1 saturated heterocycles. The first-order valence-corrected chi connectivity index (χ1v) is 12.4. The Balaban J connectivity index is 1.51. The summed E-state index contributed by atoms with van der Waals surface area (Å²) in [6.45, 7) is 11.3. The molecule has 5 nitrogen and oxygen atoms in total. The van der Waals surface area contributed by atoms with Crippen molar-refractivity contribution < 1.29 is 13.9 Å². The van der Waals surface area contributed by atoms with Gasteiger partial charge in [0.05, 0.1) is 0 Å². The van der Waals surface area contributed by atoms with Gasteiger partial charge >= 0.3 is 6.09 Å². The molecule has 1 N–H and O–H groups in total. The molecule has 1 aromatic heterocycles. The van der Waals surface area contributed by atoms with Gasteiger partial charge in [-0.3, -0.25) is 0 Å².